The van der Waals surface area contributed by atoms with Gasteiger partial charge in [-0.15, -0.1) is 35.0 Å². The Hall–Kier alpha value is -5.04. The zero-order valence-electron chi connectivity index (χ0n) is 36.7. The molecule has 2 aliphatic rings. The van der Waals surface area contributed by atoms with E-state index in [1.807, 2.05) is 36.4 Å². The molecule has 0 bridgehead atoms. The van der Waals surface area contributed by atoms with Crippen molar-refractivity contribution in [3.8, 4) is 22.9 Å². The Morgan fingerprint density at radius 2 is 1.10 bits per heavy atom. The Bertz CT molecular complexity index is 2420. The number of nitrogens with zero attached hydrogens (tertiary/aromatic N) is 8. The van der Waals surface area contributed by atoms with E-state index in [1.165, 1.54) is 36.4 Å². The summed E-state index contributed by atoms with van der Waals surface area (Å²) in [5, 5.41) is 44.1. The van der Waals surface area contributed by atoms with Crippen LogP contribution in [0.2, 0.25) is 0 Å². The first-order valence-corrected chi connectivity index (χ1v) is 22.4. The highest BCUT2D eigenvalue weighted by molar-refractivity contribution is 9.09. The van der Waals surface area contributed by atoms with Gasteiger partial charge in [0.1, 0.15) is 24.8 Å². The molecule has 69 heavy (non-hydrogen) atoms. The SMILES string of the molecule is Cl.Cl.FCCBr.FCCOc1ccc(-n2nnnc2C(F)(F)F)cc1CN[C@H]1CCCN[C@H]1c1ccccc1.Oc1ccc(-n2nnnc2C(F)(F)F)cc1CN[C@H]1CCCN[C@H]1c1ccccc1. The molecule has 0 amide bonds. The molecule has 4 atom stereocenters. The van der Waals surface area contributed by atoms with Gasteiger partial charge in [0.2, 0.25) is 0 Å². The van der Waals surface area contributed by atoms with Crippen LogP contribution in [0.5, 0.6) is 11.5 Å². The molecule has 2 aromatic heterocycles. The third kappa shape index (κ3) is 15.7. The van der Waals surface area contributed by atoms with Gasteiger partial charge in [-0.1, -0.05) is 76.6 Å². The summed E-state index contributed by atoms with van der Waals surface area (Å²) in [5.74, 6) is -2.05. The zero-order valence-corrected chi connectivity index (χ0v) is 39.9. The van der Waals surface area contributed by atoms with Crippen LogP contribution >= 0.6 is 40.7 Å². The minimum absolute atomic E-state index is 0. The fourth-order valence-corrected chi connectivity index (χ4v) is 7.77. The fourth-order valence-electron chi connectivity index (χ4n) is 7.77. The maximum absolute atomic E-state index is 13.3. The average Bonchev–Trinajstić information content (AvgIpc) is 4.06. The number of phenols is 1. The molecular formula is C44H51BrCl2F8N12O2. The second-order valence-electron chi connectivity index (χ2n) is 15.3. The fraction of sp³-hybridized carbons (Fsp3) is 0.409. The minimum atomic E-state index is -4.71. The highest BCUT2D eigenvalue weighted by Gasteiger charge is 2.39. The van der Waals surface area contributed by atoms with Crippen LogP contribution < -0.4 is 26.0 Å². The van der Waals surface area contributed by atoms with Gasteiger partial charge >= 0.3 is 12.4 Å². The van der Waals surface area contributed by atoms with E-state index in [4.69, 9.17) is 4.74 Å². The van der Waals surface area contributed by atoms with E-state index in [1.54, 1.807) is 0 Å². The van der Waals surface area contributed by atoms with Gasteiger partial charge in [0.15, 0.2) is 0 Å². The van der Waals surface area contributed by atoms with Crippen molar-refractivity contribution in [3.05, 3.63) is 131 Å². The number of tetrazole rings is 2. The first-order chi connectivity index (χ1) is 32.3. The summed E-state index contributed by atoms with van der Waals surface area (Å²) in [4.78, 5) is 0. The molecule has 4 aromatic carbocycles. The van der Waals surface area contributed by atoms with Crippen LogP contribution in [0.3, 0.4) is 0 Å². The topological polar surface area (TPSA) is 165 Å². The van der Waals surface area contributed by atoms with E-state index in [2.05, 4.69) is 92.5 Å². The summed E-state index contributed by atoms with van der Waals surface area (Å²) in [6.45, 7) is 1.33. The Kier molecular flexibility index (Phi) is 22.4. The van der Waals surface area contributed by atoms with Crippen LogP contribution in [0.4, 0.5) is 35.1 Å². The zero-order chi connectivity index (χ0) is 47.8. The van der Waals surface area contributed by atoms with E-state index >= 15 is 0 Å². The quantitative estimate of drug-likeness (QED) is 0.0521. The van der Waals surface area contributed by atoms with Crippen molar-refractivity contribution < 1.29 is 45.0 Å². The Balaban J connectivity index is 0.000000272. The van der Waals surface area contributed by atoms with E-state index in [0.717, 1.165) is 49.9 Å². The molecule has 6 aromatic rings. The van der Waals surface area contributed by atoms with E-state index in [9.17, 15) is 40.2 Å². The molecule has 5 N–H and O–H groups in total. The molecule has 0 aliphatic carbocycles. The highest BCUT2D eigenvalue weighted by Crippen LogP contribution is 2.32. The predicted octanol–water partition coefficient (Wildman–Crippen LogP) is 8.78. The lowest BCUT2D eigenvalue weighted by Crippen LogP contribution is -2.45. The summed E-state index contributed by atoms with van der Waals surface area (Å²) in [6, 6.07) is 29.1. The smallest absolute Gasteiger partial charge is 0.453 e. The number of piperidine rings is 2. The molecule has 2 fully saturated rings. The number of hydrogen-bond acceptors (Lipinski definition) is 12. The molecular weight excluding hydrogens is 1030 g/mol. The normalized spacial score (nSPS) is 18.0. The van der Waals surface area contributed by atoms with Crippen LogP contribution in [-0.2, 0) is 25.4 Å². The number of ether oxygens (including phenoxy) is 1. The summed E-state index contributed by atoms with van der Waals surface area (Å²) < 4.78 is 109. The Morgan fingerprint density at radius 1 is 0.652 bits per heavy atom. The monoisotopic (exact) mass is 1080 g/mol. The number of alkyl halides is 9. The molecule has 8 rings (SSSR count). The lowest BCUT2D eigenvalue weighted by atomic mass is 9.92. The van der Waals surface area contributed by atoms with Crippen LogP contribution in [0, 0.1) is 0 Å². The number of aromatic hydroxyl groups is 1. The molecule has 376 valence electrons. The standard InChI is InChI=1S/C22H24F4N6O.C20H21F3N6O.C2H4BrF.2ClH/c23-10-12-33-19-9-8-17(32-21(22(24,25)26)29-30-31-32)13-16(19)14-28-18-7-4-11-27-20(18)15-5-2-1-3-6-15;21-20(22,23)19-26-27-28-29(19)15-8-9-17(30)14(11-15)12-25-16-7-4-10-24-18(16)13-5-2-1-3-6-13;3-1-2-4;;/h1-3,5-6,8-9,13,18,20,27-28H,4,7,10-12,14H2;1-3,5-6,8-9,11,16,18,24-25,30H,4,7,10,12H2;1-2H2;2*1H/t18-,20-;16-,18-;;;/m00.../s1. The first kappa shape index (κ1) is 56.5. The number of benzene rings is 4. The van der Waals surface area contributed by atoms with Crippen LogP contribution in [-0.4, -0.2) is 96.0 Å². The largest absolute Gasteiger partial charge is 0.508 e. The van der Waals surface area contributed by atoms with Crippen LogP contribution in [0.25, 0.3) is 11.4 Å². The number of nitrogens with one attached hydrogen (secondary N) is 4. The summed E-state index contributed by atoms with van der Waals surface area (Å²) >= 11 is 2.87. The third-order valence-electron chi connectivity index (χ3n) is 10.8. The van der Waals surface area contributed by atoms with Crippen LogP contribution in [0.1, 0.15) is 71.7 Å². The van der Waals surface area contributed by atoms with E-state index < -0.39 is 30.7 Å². The lowest BCUT2D eigenvalue weighted by molar-refractivity contribution is -0.147. The lowest BCUT2D eigenvalue weighted by Gasteiger charge is -2.34. The number of aromatic nitrogens is 8. The second-order valence-corrected chi connectivity index (χ2v) is 16.1. The van der Waals surface area contributed by atoms with E-state index in [0.29, 0.717) is 44.7 Å². The van der Waals surface area contributed by atoms with Gasteiger partial charge in [0, 0.05) is 53.7 Å². The molecule has 2 saturated heterocycles. The molecule has 2 aliphatic heterocycles. The molecule has 0 saturated carbocycles. The van der Waals surface area contributed by atoms with Crippen molar-refractivity contribution in [1.29, 1.82) is 0 Å². The molecule has 4 heterocycles. The number of halogens is 11. The first-order valence-electron chi connectivity index (χ1n) is 21.3. The number of hydrogen-bond donors (Lipinski definition) is 5. The van der Waals surface area contributed by atoms with E-state index in [-0.39, 0.29) is 79.4 Å². The van der Waals surface area contributed by atoms with Crippen molar-refractivity contribution in [3.63, 3.8) is 0 Å². The highest BCUT2D eigenvalue weighted by atomic mass is 79.9. The maximum atomic E-state index is 13.3. The van der Waals surface area contributed by atoms with Gasteiger partial charge in [-0.2, -0.15) is 35.7 Å². The van der Waals surface area contributed by atoms with Gasteiger partial charge in [0.25, 0.3) is 11.6 Å². The molecule has 0 unspecified atom stereocenters. The van der Waals surface area contributed by atoms with Gasteiger partial charge < -0.3 is 31.1 Å². The summed E-state index contributed by atoms with van der Waals surface area (Å²) in [5.41, 5.74) is 3.63. The van der Waals surface area contributed by atoms with Crippen LogP contribution in [0.15, 0.2) is 97.1 Å². The van der Waals surface area contributed by atoms with Gasteiger partial charge in [-0.3, -0.25) is 4.39 Å². The third-order valence-corrected chi connectivity index (χ3v) is 11.1. The average molecular weight is 1080 g/mol. The summed E-state index contributed by atoms with van der Waals surface area (Å²) in [6.07, 6.45) is -5.52. The van der Waals surface area contributed by atoms with Crippen molar-refractivity contribution in [2.75, 3.05) is 38.4 Å². The molecule has 0 radical (unpaired) electrons. The molecule has 25 heteroatoms. The maximum Gasteiger partial charge on any atom is 0.453 e. The summed E-state index contributed by atoms with van der Waals surface area (Å²) in [7, 11) is 0. The molecule has 0 spiro atoms. The second kappa shape index (κ2) is 27.4. The Morgan fingerprint density at radius 3 is 1.55 bits per heavy atom. The van der Waals surface area contributed by atoms with Gasteiger partial charge in [-0.05, 0) is 107 Å². The minimum Gasteiger partial charge on any atom is -0.508 e. The number of phenolic OH excluding ortho intramolecular Hbond substituents is 1. The van der Waals surface area contributed by atoms with Crippen molar-refractivity contribution in [2.24, 2.45) is 0 Å². The Labute approximate surface area is 413 Å². The molecule has 14 nitrogen and oxygen atoms in total. The van der Waals surface area contributed by atoms with Crippen molar-refractivity contribution in [1.82, 2.24) is 61.7 Å². The van der Waals surface area contributed by atoms with Gasteiger partial charge in [-0.25, -0.2) is 4.39 Å². The van der Waals surface area contributed by atoms with Crippen molar-refractivity contribution >= 4 is 40.7 Å². The predicted molar refractivity (Wildman–Crippen MR) is 250 cm³/mol. The van der Waals surface area contributed by atoms with Crippen molar-refractivity contribution in [2.45, 2.75) is 75.3 Å². The van der Waals surface area contributed by atoms with Gasteiger partial charge in [0.05, 0.1) is 18.0 Å². The number of rotatable bonds is 14.